The van der Waals surface area contributed by atoms with E-state index in [9.17, 15) is 4.79 Å². The molecule has 1 amide bonds. The standard InChI is InChI=1S/C10H12N2O3/c11-8-3-6(10(12)13)1-2-9(8)15-7-4-14-5-7/h1-3,7H,4-5,11H2,(H2,12,13). The van der Waals surface area contributed by atoms with Crippen LogP contribution in [0.5, 0.6) is 5.75 Å². The van der Waals surface area contributed by atoms with E-state index in [2.05, 4.69) is 0 Å². The van der Waals surface area contributed by atoms with Gasteiger partial charge in [-0.15, -0.1) is 0 Å². The normalized spacial score (nSPS) is 15.7. The highest BCUT2D eigenvalue weighted by atomic mass is 16.6. The molecule has 1 fully saturated rings. The molecular formula is C10H12N2O3. The molecule has 0 saturated carbocycles. The molecule has 0 bridgehead atoms. The maximum Gasteiger partial charge on any atom is 0.248 e. The van der Waals surface area contributed by atoms with E-state index in [0.29, 0.717) is 30.2 Å². The first-order valence-electron chi connectivity index (χ1n) is 4.60. The summed E-state index contributed by atoms with van der Waals surface area (Å²) in [4.78, 5) is 10.9. The van der Waals surface area contributed by atoms with Crippen LogP contribution in [0.15, 0.2) is 18.2 Å². The van der Waals surface area contributed by atoms with E-state index >= 15 is 0 Å². The van der Waals surface area contributed by atoms with Gasteiger partial charge in [0.1, 0.15) is 11.9 Å². The van der Waals surface area contributed by atoms with Gasteiger partial charge in [0, 0.05) is 5.56 Å². The lowest BCUT2D eigenvalue weighted by Gasteiger charge is -2.27. The van der Waals surface area contributed by atoms with Gasteiger partial charge < -0.3 is 20.9 Å². The minimum Gasteiger partial charge on any atom is -0.483 e. The number of amides is 1. The van der Waals surface area contributed by atoms with Crippen LogP contribution in [0.25, 0.3) is 0 Å². The van der Waals surface area contributed by atoms with Crippen molar-refractivity contribution in [2.45, 2.75) is 6.10 Å². The summed E-state index contributed by atoms with van der Waals surface area (Å²) >= 11 is 0. The fourth-order valence-electron chi connectivity index (χ4n) is 1.27. The van der Waals surface area contributed by atoms with Crippen molar-refractivity contribution < 1.29 is 14.3 Å². The summed E-state index contributed by atoms with van der Waals surface area (Å²) in [7, 11) is 0. The van der Waals surface area contributed by atoms with Crippen molar-refractivity contribution >= 4 is 11.6 Å². The molecule has 1 aliphatic rings. The third-order valence-corrected chi connectivity index (χ3v) is 2.20. The first-order chi connectivity index (χ1) is 7.16. The molecule has 1 aliphatic heterocycles. The van der Waals surface area contributed by atoms with Gasteiger partial charge in [-0.1, -0.05) is 0 Å². The first kappa shape index (κ1) is 9.79. The van der Waals surface area contributed by atoms with Crippen LogP contribution in [0.2, 0.25) is 0 Å². The highest BCUT2D eigenvalue weighted by Gasteiger charge is 2.21. The average Bonchev–Trinajstić information content (AvgIpc) is 2.12. The Bertz CT molecular complexity index is 388. The Labute approximate surface area is 87.0 Å². The summed E-state index contributed by atoms with van der Waals surface area (Å²) in [5, 5.41) is 0. The molecule has 0 aliphatic carbocycles. The number of nitrogens with two attached hydrogens (primary N) is 2. The molecule has 0 unspecified atom stereocenters. The second kappa shape index (κ2) is 3.78. The lowest BCUT2D eigenvalue weighted by Crippen LogP contribution is -2.38. The number of nitrogen functional groups attached to an aromatic ring is 1. The van der Waals surface area contributed by atoms with Crippen LogP contribution < -0.4 is 16.2 Å². The lowest BCUT2D eigenvalue weighted by atomic mass is 10.2. The third-order valence-electron chi connectivity index (χ3n) is 2.20. The minimum absolute atomic E-state index is 0.0618. The topological polar surface area (TPSA) is 87.6 Å². The van der Waals surface area contributed by atoms with Crippen LogP contribution in [0, 0.1) is 0 Å². The van der Waals surface area contributed by atoms with Crippen LogP contribution in [0.1, 0.15) is 10.4 Å². The van der Waals surface area contributed by atoms with Crippen LogP contribution in [0.4, 0.5) is 5.69 Å². The first-order valence-corrected chi connectivity index (χ1v) is 4.60. The lowest BCUT2D eigenvalue weighted by molar-refractivity contribution is -0.0793. The summed E-state index contributed by atoms with van der Waals surface area (Å²) in [6, 6.07) is 4.75. The van der Waals surface area contributed by atoms with Gasteiger partial charge >= 0.3 is 0 Å². The van der Waals surface area contributed by atoms with Gasteiger partial charge in [-0.05, 0) is 18.2 Å². The van der Waals surface area contributed by atoms with Gasteiger partial charge in [-0.3, -0.25) is 4.79 Å². The van der Waals surface area contributed by atoms with Gasteiger partial charge in [0.15, 0.2) is 0 Å². The molecule has 15 heavy (non-hydrogen) atoms. The Morgan fingerprint density at radius 3 is 2.67 bits per heavy atom. The largest absolute Gasteiger partial charge is 0.483 e. The molecule has 5 nitrogen and oxygen atoms in total. The molecule has 1 saturated heterocycles. The fraction of sp³-hybridized carbons (Fsp3) is 0.300. The highest BCUT2D eigenvalue weighted by molar-refractivity contribution is 5.94. The van der Waals surface area contributed by atoms with Gasteiger partial charge in [0.2, 0.25) is 5.91 Å². The van der Waals surface area contributed by atoms with Crippen molar-refractivity contribution in [1.82, 2.24) is 0 Å². The molecule has 1 aromatic rings. The molecule has 5 heteroatoms. The number of carbonyl (C=O) groups is 1. The quantitative estimate of drug-likeness (QED) is 0.692. The van der Waals surface area contributed by atoms with Crippen molar-refractivity contribution in [3.63, 3.8) is 0 Å². The average molecular weight is 208 g/mol. The van der Waals surface area contributed by atoms with Gasteiger partial charge in [0.05, 0.1) is 18.9 Å². The number of ether oxygens (including phenoxy) is 2. The van der Waals surface area contributed by atoms with Crippen LogP contribution in [-0.2, 0) is 4.74 Å². The Hall–Kier alpha value is -1.75. The molecule has 4 N–H and O–H groups in total. The molecule has 0 spiro atoms. The summed E-state index contributed by atoms with van der Waals surface area (Å²) in [6.45, 7) is 1.16. The summed E-state index contributed by atoms with van der Waals surface area (Å²) in [5.74, 6) is 0.0635. The van der Waals surface area contributed by atoms with E-state index in [1.54, 1.807) is 12.1 Å². The Morgan fingerprint density at radius 2 is 2.20 bits per heavy atom. The van der Waals surface area contributed by atoms with Crippen molar-refractivity contribution in [3.8, 4) is 5.75 Å². The summed E-state index contributed by atoms with van der Waals surface area (Å²) < 4.78 is 10.5. The molecule has 2 rings (SSSR count). The molecule has 0 atom stereocenters. The fourth-order valence-corrected chi connectivity index (χ4v) is 1.27. The molecular weight excluding hydrogens is 196 g/mol. The SMILES string of the molecule is NC(=O)c1ccc(OC2COC2)c(N)c1. The second-order valence-electron chi connectivity index (χ2n) is 3.39. The van der Waals surface area contributed by atoms with Crippen LogP contribution in [0.3, 0.4) is 0 Å². The number of benzene rings is 1. The Morgan fingerprint density at radius 1 is 1.47 bits per heavy atom. The van der Waals surface area contributed by atoms with Gasteiger partial charge in [-0.2, -0.15) is 0 Å². The summed E-state index contributed by atoms with van der Waals surface area (Å²) in [5.41, 5.74) is 11.6. The monoisotopic (exact) mass is 208 g/mol. The maximum absolute atomic E-state index is 10.9. The Balaban J connectivity index is 2.14. The minimum atomic E-state index is -0.500. The predicted octanol–water partition coefficient (Wildman–Crippen LogP) is 0.145. The van der Waals surface area contributed by atoms with Crippen LogP contribution >= 0.6 is 0 Å². The number of carbonyl (C=O) groups excluding carboxylic acids is 1. The molecule has 1 aromatic carbocycles. The van der Waals surface area contributed by atoms with E-state index in [1.807, 2.05) is 0 Å². The van der Waals surface area contributed by atoms with E-state index in [-0.39, 0.29) is 6.10 Å². The smallest absolute Gasteiger partial charge is 0.248 e. The molecule has 1 heterocycles. The third kappa shape index (κ3) is 2.02. The van der Waals surface area contributed by atoms with Crippen molar-refractivity contribution in [3.05, 3.63) is 23.8 Å². The van der Waals surface area contributed by atoms with Gasteiger partial charge in [-0.25, -0.2) is 0 Å². The number of primary amides is 1. The van der Waals surface area contributed by atoms with E-state index in [1.165, 1.54) is 6.07 Å². The second-order valence-corrected chi connectivity index (χ2v) is 3.39. The van der Waals surface area contributed by atoms with Crippen molar-refractivity contribution in [1.29, 1.82) is 0 Å². The van der Waals surface area contributed by atoms with Crippen molar-refractivity contribution in [2.75, 3.05) is 18.9 Å². The molecule has 80 valence electrons. The number of hydrogen-bond donors (Lipinski definition) is 2. The molecule has 0 aromatic heterocycles. The number of hydrogen-bond acceptors (Lipinski definition) is 4. The molecule has 0 radical (unpaired) electrons. The highest BCUT2D eigenvalue weighted by Crippen LogP contribution is 2.24. The Kier molecular flexibility index (Phi) is 2.47. The van der Waals surface area contributed by atoms with Crippen molar-refractivity contribution in [2.24, 2.45) is 5.73 Å². The van der Waals surface area contributed by atoms with E-state index in [0.717, 1.165) is 0 Å². The predicted molar refractivity (Wildman–Crippen MR) is 54.6 cm³/mol. The van der Waals surface area contributed by atoms with E-state index in [4.69, 9.17) is 20.9 Å². The van der Waals surface area contributed by atoms with Gasteiger partial charge in [0.25, 0.3) is 0 Å². The zero-order valence-electron chi connectivity index (χ0n) is 8.10. The number of anilines is 1. The van der Waals surface area contributed by atoms with E-state index < -0.39 is 5.91 Å². The zero-order chi connectivity index (χ0) is 10.8. The number of rotatable bonds is 3. The van der Waals surface area contributed by atoms with Crippen LogP contribution in [-0.4, -0.2) is 25.2 Å². The maximum atomic E-state index is 10.9. The summed E-state index contributed by atoms with van der Waals surface area (Å²) in [6.07, 6.45) is 0.0618. The zero-order valence-corrected chi connectivity index (χ0v) is 8.10.